The molecule has 2 heterocycles. The van der Waals surface area contributed by atoms with Crippen LogP contribution in [-0.4, -0.2) is 56.1 Å². The molecule has 0 radical (unpaired) electrons. The molecular weight excluding hydrogens is 450 g/mol. The van der Waals surface area contributed by atoms with Gasteiger partial charge in [0.05, 0.1) is 23.1 Å². The summed E-state index contributed by atoms with van der Waals surface area (Å²) in [6, 6.07) is 14.6. The Morgan fingerprint density at radius 2 is 1.72 bits per heavy atom. The number of benzene rings is 2. The topological polar surface area (TPSA) is 69.2 Å². The van der Waals surface area contributed by atoms with Crippen molar-refractivity contribution < 1.29 is 9.53 Å². The minimum absolute atomic E-state index is 0.0465. The number of urea groups is 1. The van der Waals surface area contributed by atoms with E-state index in [0.29, 0.717) is 19.1 Å². The van der Waals surface area contributed by atoms with Gasteiger partial charge in [-0.2, -0.15) is 5.10 Å². The number of anilines is 3. The highest BCUT2D eigenvalue weighted by atomic mass is 16.5. The van der Waals surface area contributed by atoms with E-state index in [1.807, 2.05) is 24.1 Å². The molecule has 2 aromatic rings. The molecule has 0 aromatic heterocycles. The lowest BCUT2D eigenvalue weighted by molar-refractivity contribution is 0.0480. The van der Waals surface area contributed by atoms with E-state index in [2.05, 4.69) is 47.9 Å². The molecule has 7 heteroatoms. The lowest BCUT2D eigenvalue weighted by atomic mass is 9.82. The van der Waals surface area contributed by atoms with Crippen LogP contribution in [0.2, 0.25) is 0 Å². The van der Waals surface area contributed by atoms with Gasteiger partial charge in [0.25, 0.3) is 0 Å². The number of carbonyl (C=O) groups excluding carboxylic acids is 1. The molecule has 36 heavy (non-hydrogen) atoms. The number of nitrogens with one attached hydrogen (secondary N) is 2. The van der Waals surface area contributed by atoms with Crippen LogP contribution in [0.5, 0.6) is 0 Å². The van der Waals surface area contributed by atoms with Crippen molar-refractivity contribution in [3.8, 4) is 0 Å². The number of hydrogen-bond donors (Lipinski definition) is 2. The zero-order chi connectivity index (χ0) is 24.9. The second-order valence-electron chi connectivity index (χ2n) is 10.2. The standard InChI is InChI=1S/C29H39N5O2/c1-21-8-13-26-27(20-21)33(24-11-9-23(10-12-24)31-17-16-30-2)29(35)34(25-14-18-36-19-15-25)32-28(26)22-6-4-3-5-7-22/h8-13,20,22,25,30-31H,3-7,14-19H2,1-2H3. The summed E-state index contributed by atoms with van der Waals surface area (Å²) >= 11 is 0. The van der Waals surface area contributed by atoms with Crippen molar-refractivity contribution in [2.75, 3.05) is 43.6 Å². The molecular formula is C29H39N5O2. The third-order valence-electron chi connectivity index (χ3n) is 7.63. The van der Waals surface area contributed by atoms with E-state index in [1.54, 1.807) is 5.01 Å². The van der Waals surface area contributed by atoms with Crippen LogP contribution in [0.3, 0.4) is 0 Å². The molecule has 0 atom stereocenters. The highest BCUT2D eigenvalue weighted by molar-refractivity contribution is 6.14. The van der Waals surface area contributed by atoms with Crippen LogP contribution < -0.4 is 15.5 Å². The maximum atomic E-state index is 14.3. The molecule has 2 aliphatic heterocycles. The van der Waals surface area contributed by atoms with Crippen LogP contribution in [0, 0.1) is 12.8 Å². The van der Waals surface area contributed by atoms with Gasteiger partial charge in [-0.3, -0.25) is 4.90 Å². The van der Waals surface area contributed by atoms with Gasteiger partial charge in [-0.1, -0.05) is 31.4 Å². The summed E-state index contributed by atoms with van der Waals surface area (Å²) in [4.78, 5) is 16.2. The van der Waals surface area contributed by atoms with E-state index in [0.717, 1.165) is 72.7 Å². The van der Waals surface area contributed by atoms with Gasteiger partial charge in [-0.05, 0) is 75.5 Å². The van der Waals surface area contributed by atoms with Gasteiger partial charge in [0.2, 0.25) is 0 Å². The van der Waals surface area contributed by atoms with Crippen LogP contribution in [0.4, 0.5) is 21.9 Å². The molecule has 1 saturated carbocycles. The number of hydrogen-bond acceptors (Lipinski definition) is 5. The molecule has 3 aliphatic rings. The van der Waals surface area contributed by atoms with Crippen molar-refractivity contribution in [1.29, 1.82) is 0 Å². The maximum Gasteiger partial charge on any atom is 0.349 e. The molecule has 1 aliphatic carbocycles. The number of rotatable bonds is 7. The van der Waals surface area contributed by atoms with Crippen molar-refractivity contribution in [1.82, 2.24) is 10.3 Å². The van der Waals surface area contributed by atoms with E-state index in [-0.39, 0.29) is 12.1 Å². The number of hydrazone groups is 1. The molecule has 7 nitrogen and oxygen atoms in total. The lowest BCUT2D eigenvalue weighted by Crippen LogP contribution is -2.45. The maximum absolute atomic E-state index is 14.3. The third-order valence-corrected chi connectivity index (χ3v) is 7.63. The molecule has 0 unspecified atom stereocenters. The Labute approximate surface area is 214 Å². The quantitative estimate of drug-likeness (QED) is 0.492. The monoisotopic (exact) mass is 489 g/mol. The lowest BCUT2D eigenvalue weighted by Gasteiger charge is -2.33. The number of nitrogens with zero attached hydrogens (tertiary/aromatic N) is 3. The number of aryl methyl sites for hydroxylation is 1. The zero-order valence-corrected chi connectivity index (χ0v) is 21.6. The van der Waals surface area contributed by atoms with Crippen molar-refractivity contribution >= 4 is 28.8 Å². The van der Waals surface area contributed by atoms with Gasteiger partial charge in [0.15, 0.2) is 0 Å². The summed E-state index contributed by atoms with van der Waals surface area (Å²) in [5, 5.41) is 13.6. The van der Waals surface area contributed by atoms with Crippen molar-refractivity contribution in [3.63, 3.8) is 0 Å². The predicted octanol–water partition coefficient (Wildman–Crippen LogP) is 5.66. The summed E-state index contributed by atoms with van der Waals surface area (Å²) in [7, 11) is 1.95. The highest BCUT2D eigenvalue weighted by Gasteiger charge is 2.37. The Morgan fingerprint density at radius 1 is 0.972 bits per heavy atom. The number of amides is 2. The third kappa shape index (κ3) is 5.27. The first-order valence-corrected chi connectivity index (χ1v) is 13.5. The Hall–Kier alpha value is -2.90. The van der Waals surface area contributed by atoms with Crippen LogP contribution in [0.1, 0.15) is 56.1 Å². The summed E-state index contributed by atoms with van der Waals surface area (Å²) in [5.41, 5.74) is 6.16. The van der Waals surface area contributed by atoms with E-state index in [4.69, 9.17) is 9.84 Å². The van der Waals surface area contributed by atoms with Gasteiger partial charge >= 0.3 is 6.03 Å². The molecule has 0 bridgehead atoms. The smallest absolute Gasteiger partial charge is 0.349 e. The normalized spacial score (nSPS) is 19.6. The number of ether oxygens (including phenoxy) is 1. The number of fused-ring (bicyclic) bond motifs is 1. The van der Waals surface area contributed by atoms with Crippen LogP contribution >= 0.6 is 0 Å². The first-order chi connectivity index (χ1) is 17.7. The second kappa shape index (κ2) is 11.4. The minimum atomic E-state index is -0.0737. The Bertz CT molecular complexity index is 1070. The van der Waals surface area contributed by atoms with Crippen molar-refractivity contribution in [3.05, 3.63) is 53.6 Å². The van der Waals surface area contributed by atoms with Gasteiger partial charge < -0.3 is 15.4 Å². The van der Waals surface area contributed by atoms with Crippen molar-refractivity contribution in [2.24, 2.45) is 11.0 Å². The number of carbonyl (C=O) groups is 1. The summed E-state index contributed by atoms with van der Waals surface area (Å²) in [6.07, 6.45) is 7.62. The van der Waals surface area contributed by atoms with Crippen LogP contribution in [0.15, 0.2) is 47.6 Å². The molecule has 2 aromatic carbocycles. The SMILES string of the molecule is CNCCNc1ccc(N2C(=O)N(C3CCOCC3)N=C(C3CCCCC3)c3ccc(C)cc32)cc1. The highest BCUT2D eigenvalue weighted by Crippen LogP contribution is 2.39. The van der Waals surface area contributed by atoms with Gasteiger partial charge in [-0.25, -0.2) is 9.80 Å². The fraction of sp³-hybridized carbons (Fsp3) is 0.517. The first-order valence-electron chi connectivity index (χ1n) is 13.5. The molecule has 5 rings (SSSR count). The fourth-order valence-corrected chi connectivity index (χ4v) is 5.62. The zero-order valence-electron chi connectivity index (χ0n) is 21.6. The minimum Gasteiger partial charge on any atom is -0.384 e. The van der Waals surface area contributed by atoms with Crippen LogP contribution in [-0.2, 0) is 4.74 Å². The molecule has 2 N–H and O–H groups in total. The summed E-state index contributed by atoms with van der Waals surface area (Å²) < 4.78 is 5.63. The Kier molecular flexibility index (Phi) is 7.87. The van der Waals surface area contributed by atoms with E-state index >= 15 is 0 Å². The Balaban J connectivity index is 1.58. The predicted molar refractivity (Wildman–Crippen MR) is 146 cm³/mol. The Morgan fingerprint density at radius 3 is 2.44 bits per heavy atom. The second-order valence-corrected chi connectivity index (χ2v) is 10.2. The average Bonchev–Trinajstić information content (AvgIpc) is 3.04. The van der Waals surface area contributed by atoms with E-state index in [9.17, 15) is 4.79 Å². The molecule has 1 saturated heterocycles. The molecule has 192 valence electrons. The van der Waals surface area contributed by atoms with Crippen LogP contribution in [0.25, 0.3) is 0 Å². The van der Waals surface area contributed by atoms with Gasteiger partial charge in [0, 0.05) is 43.5 Å². The molecule has 0 spiro atoms. The van der Waals surface area contributed by atoms with E-state index < -0.39 is 0 Å². The molecule has 2 amide bonds. The number of likely N-dealkylation sites (N-methyl/N-ethyl adjacent to an activating group) is 1. The first kappa shape index (κ1) is 24.8. The average molecular weight is 490 g/mol. The fourth-order valence-electron chi connectivity index (χ4n) is 5.62. The van der Waals surface area contributed by atoms with Crippen molar-refractivity contribution in [2.45, 2.75) is 57.9 Å². The summed E-state index contributed by atoms with van der Waals surface area (Å²) in [6.45, 7) is 5.16. The summed E-state index contributed by atoms with van der Waals surface area (Å²) in [5.74, 6) is 0.383. The largest absolute Gasteiger partial charge is 0.384 e. The van der Waals surface area contributed by atoms with Gasteiger partial charge in [-0.15, -0.1) is 0 Å². The van der Waals surface area contributed by atoms with Gasteiger partial charge in [0.1, 0.15) is 0 Å². The van der Waals surface area contributed by atoms with E-state index in [1.165, 1.54) is 19.3 Å². The molecule has 2 fully saturated rings.